The minimum Gasteiger partial charge on any atom is -0.354 e. The maximum absolute atomic E-state index is 5.87. The SMILES string of the molecule is Cc1cc(Nc2ccc(Cl)cc2)nc(NCC(C)C)n1. The summed E-state index contributed by atoms with van der Waals surface area (Å²) in [6, 6.07) is 9.43. The first-order valence-electron chi connectivity index (χ1n) is 6.65. The van der Waals surface area contributed by atoms with Gasteiger partial charge in [-0.15, -0.1) is 0 Å². The van der Waals surface area contributed by atoms with E-state index in [-0.39, 0.29) is 0 Å². The van der Waals surface area contributed by atoms with Crippen LogP contribution in [0.2, 0.25) is 5.02 Å². The van der Waals surface area contributed by atoms with Gasteiger partial charge >= 0.3 is 0 Å². The predicted octanol–water partition coefficient (Wildman–Crippen LogP) is 4.25. The van der Waals surface area contributed by atoms with Gasteiger partial charge in [-0.05, 0) is 37.1 Å². The van der Waals surface area contributed by atoms with Crippen LogP contribution in [0.4, 0.5) is 17.5 Å². The molecule has 0 fully saturated rings. The fraction of sp³-hybridized carbons (Fsp3) is 0.333. The van der Waals surface area contributed by atoms with Gasteiger partial charge in [-0.2, -0.15) is 4.98 Å². The summed E-state index contributed by atoms with van der Waals surface area (Å²) in [6.45, 7) is 7.10. The minimum absolute atomic E-state index is 0.548. The molecule has 2 rings (SSSR count). The van der Waals surface area contributed by atoms with Gasteiger partial charge in [0.25, 0.3) is 0 Å². The molecular formula is C15H19ClN4. The Labute approximate surface area is 124 Å². The summed E-state index contributed by atoms with van der Waals surface area (Å²) >= 11 is 5.87. The fourth-order valence-electron chi connectivity index (χ4n) is 1.69. The lowest BCUT2D eigenvalue weighted by molar-refractivity contribution is 0.684. The van der Waals surface area contributed by atoms with Crippen LogP contribution in [0, 0.1) is 12.8 Å². The first-order valence-corrected chi connectivity index (χ1v) is 7.03. The van der Waals surface area contributed by atoms with Gasteiger partial charge in [0.05, 0.1) is 0 Å². The predicted molar refractivity (Wildman–Crippen MR) is 84.8 cm³/mol. The third-order valence-corrected chi connectivity index (χ3v) is 2.89. The Bertz CT molecular complexity index is 567. The van der Waals surface area contributed by atoms with Gasteiger partial charge in [-0.1, -0.05) is 25.4 Å². The van der Waals surface area contributed by atoms with Gasteiger partial charge in [0.2, 0.25) is 5.95 Å². The maximum Gasteiger partial charge on any atom is 0.224 e. The molecule has 20 heavy (non-hydrogen) atoms. The Kier molecular flexibility index (Phi) is 4.79. The zero-order chi connectivity index (χ0) is 14.5. The molecule has 0 amide bonds. The first-order chi connectivity index (χ1) is 9.52. The van der Waals surface area contributed by atoms with Crippen molar-refractivity contribution in [2.75, 3.05) is 17.2 Å². The molecule has 1 heterocycles. The van der Waals surface area contributed by atoms with E-state index in [2.05, 4.69) is 34.4 Å². The summed E-state index contributed by atoms with van der Waals surface area (Å²) in [6.07, 6.45) is 0. The largest absolute Gasteiger partial charge is 0.354 e. The number of aromatic nitrogens is 2. The molecule has 0 atom stereocenters. The van der Waals surface area contributed by atoms with Gasteiger partial charge in [0, 0.05) is 29.0 Å². The van der Waals surface area contributed by atoms with E-state index in [0.717, 1.165) is 23.7 Å². The topological polar surface area (TPSA) is 49.8 Å². The van der Waals surface area contributed by atoms with Gasteiger partial charge in [0.15, 0.2) is 0 Å². The summed E-state index contributed by atoms with van der Waals surface area (Å²) in [7, 11) is 0. The number of hydrogen-bond acceptors (Lipinski definition) is 4. The Morgan fingerprint density at radius 1 is 1.15 bits per heavy atom. The maximum atomic E-state index is 5.87. The molecule has 2 N–H and O–H groups in total. The molecule has 2 aromatic rings. The average Bonchev–Trinajstić information content (AvgIpc) is 2.38. The van der Waals surface area contributed by atoms with Crippen molar-refractivity contribution in [2.24, 2.45) is 5.92 Å². The summed E-state index contributed by atoms with van der Waals surface area (Å²) in [5.74, 6) is 1.97. The standard InChI is InChI=1S/C15H19ClN4/c1-10(2)9-17-15-18-11(3)8-14(20-15)19-13-6-4-12(16)5-7-13/h4-8,10H,9H2,1-3H3,(H2,17,18,19,20). The molecule has 0 aliphatic heterocycles. The van der Waals surface area contributed by atoms with Crippen LogP contribution < -0.4 is 10.6 Å². The van der Waals surface area contributed by atoms with E-state index < -0.39 is 0 Å². The van der Waals surface area contributed by atoms with Gasteiger partial charge in [-0.25, -0.2) is 4.98 Å². The number of nitrogens with zero attached hydrogens (tertiary/aromatic N) is 2. The number of benzene rings is 1. The van der Waals surface area contributed by atoms with Crippen LogP contribution in [0.25, 0.3) is 0 Å². The van der Waals surface area contributed by atoms with Crippen molar-refractivity contribution in [2.45, 2.75) is 20.8 Å². The second kappa shape index (κ2) is 6.57. The summed E-state index contributed by atoms with van der Waals surface area (Å²) in [5, 5.41) is 7.20. The molecule has 0 aliphatic carbocycles. The molecular weight excluding hydrogens is 272 g/mol. The molecule has 0 radical (unpaired) electrons. The van der Waals surface area contributed by atoms with Gasteiger partial charge in [-0.3, -0.25) is 0 Å². The normalized spacial score (nSPS) is 10.7. The number of hydrogen-bond donors (Lipinski definition) is 2. The monoisotopic (exact) mass is 290 g/mol. The fourth-order valence-corrected chi connectivity index (χ4v) is 1.81. The van der Waals surface area contributed by atoms with Crippen molar-refractivity contribution < 1.29 is 0 Å². The molecule has 5 heteroatoms. The van der Waals surface area contributed by atoms with Crippen molar-refractivity contribution in [3.8, 4) is 0 Å². The number of rotatable bonds is 5. The molecule has 1 aromatic heterocycles. The van der Waals surface area contributed by atoms with E-state index in [4.69, 9.17) is 11.6 Å². The van der Waals surface area contributed by atoms with Crippen LogP contribution in [-0.4, -0.2) is 16.5 Å². The molecule has 4 nitrogen and oxygen atoms in total. The van der Waals surface area contributed by atoms with Crippen molar-refractivity contribution in [1.82, 2.24) is 9.97 Å². The summed E-state index contributed by atoms with van der Waals surface area (Å²) in [4.78, 5) is 8.84. The molecule has 0 spiro atoms. The molecule has 1 aromatic carbocycles. The van der Waals surface area contributed by atoms with Gasteiger partial charge < -0.3 is 10.6 Å². The van der Waals surface area contributed by atoms with E-state index in [1.165, 1.54) is 0 Å². The second-order valence-corrected chi connectivity index (χ2v) is 5.56. The van der Waals surface area contributed by atoms with E-state index in [1.807, 2.05) is 37.3 Å². The van der Waals surface area contributed by atoms with Gasteiger partial charge in [0.1, 0.15) is 5.82 Å². The Hall–Kier alpha value is -1.81. The number of nitrogens with one attached hydrogen (secondary N) is 2. The molecule has 106 valence electrons. The van der Waals surface area contributed by atoms with Crippen LogP contribution in [0.1, 0.15) is 19.5 Å². The summed E-state index contributed by atoms with van der Waals surface area (Å²) in [5.41, 5.74) is 1.87. The molecule has 0 saturated carbocycles. The van der Waals surface area contributed by atoms with E-state index in [1.54, 1.807) is 0 Å². The van der Waals surface area contributed by atoms with Crippen LogP contribution in [0.3, 0.4) is 0 Å². The number of halogens is 1. The van der Waals surface area contributed by atoms with Crippen LogP contribution in [0.5, 0.6) is 0 Å². The Balaban J connectivity index is 2.13. The second-order valence-electron chi connectivity index (χ2n) is 5.12. The van der Waals surface area contributed by atoms with Crippen LogP contribution in [0.15, 0.2) is 30.3 Å². The van der Waals surface area contributed by atoms with Crippen molar-refractivity contribution in [3.05, 3.63) is 41.0 Å². The highest BCUT2D eigenvalue weighted by Gasteiger charge is 2.03. The lowest BCUT2D eigenvalue weighted by Gasteiger charge is -2.11. The molecule has 0 bridgehead atoms. The van der Waals surface area contributed by atoms with Crippen LogP contribution in [-0.2, 0) is 0 Å². The quantitative estimate of drug-likeness (QED) is 0.864. The third kappa shape index (κ3) is 4.38. The Morgan fingerprint density at radius 3 is 2.50 bits per heavy atom. The highest BCUT2D eigenvalue weighted by molar-refractivity contribution is 6.30. The smallest absolute Gasteiger partial charge is 0.224 e. The highest BCUT2D eigenvalue weighted by Crippen LogP contribution is 2.19. The first kappa shape index (κ1) is 14.6. The van der Waals surface area contributed by atoms with E-state index in [0.29, 0.717) is 16.9 Å². The minimum atomic E-state index is 0.548. The molecule has 0 aliphatic rings. The lowest BCUT2D eigenvalue weighted by atomic mass is 10.2. The van der Waals surface area contributed by atoms with Crippen molar-refractivity contribution in [1.29, 1.82) is 0 Å². The van der Waals surface area contributed by atoms with Crippen LogP contribution >= 0.6 is 11.6 Å². The van der Waals surface area contributed by atoms with Crippen molar-refractivity contribution in [3.63, 3.8) is 0 Å². The van der Waals surface area contributed by atoms with E-state index >= 15 is 0 Å². The number of anilines is 3. The average molecular weight is 291 g/mol. The Morgan fingerprint density at radius 2 is 1.85 bits per heavy atom. The lowest BCUT2D eigenvalue weighted by Crippen LogP contribution is -2.11. The number of aryl methyl sites for hydroxylation is 1. The van der Waals surface area contributed by atoms with Crippen molar-refractivity contribution >= 4 is 29.1 Å². The zero-order valence-corrected chi connectivity index (χ0v) is 12.7. The molecule has 0 saturated heterocycles. The zero-order valence-electron chi connectivity index (χ0n) is 11.9. The summed E-state index contributed by atoms with van der Waals surface area (Å²) < 4.78 is 0. The van der Waals surface area contributed by atoms with E-state index in [9.17, 15) is 0 Å². The molecule has 0 unspecified atom stereocenters. The third-order valence-electron chi connectivity index (χ3n) is 2.64. The highest BCUT2D eigenvalue weighted by atomic mass is 35.5.